The molecule has 0 saturated heterocycles. The van der Waals surface area contributed by atoms with Gasteiger partial charge in [0.25, 0.3) is 0 Å². The number of carboxylic acids is 1. The molecule has 308 valence electrons. The van der Waals surface area contributed by atoms with E-state index in [9.17, 15) is 19.5 Å². The molecule has 4 aromatic rings. The van der Waals surface area contributed by atoms with E-state index in [1.807, 2.05) is 79.7 Å². The molecule has 1 atom stereocenters. The average Bonchev–Trinajstić information content (AvgIpc) is 3.19. The third-order valence-electron chi connectivity index (χ3n) is 8.91. The maximum Gasteiger partial charge on any atom is 0.305 e. The zero-order valence-electron chi connectivity index (χ0n) is 33.4. The second-order valence-electron chi connectivity index (χ2n) is 14.0. The highest BCUT2D eigenvalue weighted by molar-refractivity contribution is 6.00. The van der Waals surface area contributed by atoms with Crippen LogP contribution in [-0.4, -0.2) is 100 Å². The number of nitrogens with zero attached hydrogens (tertiary/aromatic N) is 1. The summed E-state index contributed by atoms with van der Waals surface area (Å²) < 4.78 is 28.4. The van der Waals surface area contributed by atoms with Crippen molar-refractivity contribution in [2.75, 3.05) is 77.9 Å². The van der Waals surface area contributed by atoms with Crippen LogP contribution in [-0.2, 0) is 33.3 Å². The predicted octanol–water partition coefficient (Wildman–Crippen LogP) is 6.34. The molecule has 0 saturated carbocycles. The topological polar surface area (TPSA) is 167 Å². The van der Waals surface area contributed by atoms with E-state index in [2.05, 4.69) is 34.8 Å². The number of nitrogens with one attached hydrogen (secondary N) is 3. The molecule has 0 aliphatic heterocycles. The maximum absolute atomic E-state index is 12.8. The van der Waals surface area contributed by atoms with E-state index in [0.717, 1.165) is 52.1 Å². The van der Waals surface area contributed by atoms with Crippen LogP contribution >= 0.6 is 0 Å². The molecule has 3 aromatic carbocycles. The quantitative estimate of drug-likeness (QED) is 0.0475. The molecule has 1 heterocycles. The molecule has 0 aliphatic rings. The minimum absolute atomic E-state index is 0.228. The minimum atomic E-state index is -1.06. The number of carboxylic acid groups (broad SMARTS) is 1. The van der Waals surface area contributed by atoms with Crippen LogP contribution in [0.3, 0.4) is 0 Å². The van der Waals surface area contributed by atoms with Gasteiger partial charge >= 0.3 is 5.97 Å². The number of carbonyl (C=O) groups is 3. The van der Waals surface area contributed by atoms with Gasteiger partial charge in [0.2, 0.25) is 11.8 Å². The Morgan fingerprint density at radius 2 is 1.40 bits per heavy atom. The van der Waals surface area contributed by atoms with Crippen molar-refractivity contribution in [1.29, 1.82) is 0 Å². The highest BCUT2D eigenvalue weighted by atomic mass is 16.6. The van der Waals surface area contributed by atoms with Crippen LogP contribution in [0, 0.1) is 12.8 Å². The molecule has 13 nitrogen and oxygen atoms in total. The Morgan fingerprint density at radius 1 is 0.754 bits per heavy atom. The Labute approximate surface area is 335 Å². The molecule has 0 aliphatic carbocycles. The molecule has 2 amide bonds. The number of aryl methyl sites for hydroxylation is 1. The van der Waals surface area contributed by atoms with Crippen molar-refractivity contribution in [3.8, 4) is 16.9 Å². The molecule has 0 unspecified atom stereocenters. The first-order valence-electron chi connectivity index (χ1n) is 19.7. The summed E-state index contributed by atoms with van der Waals surface area (Å²) in [6.07, 6.45) is 3.25. The lowest BCUT2D eigenvalue weighted by molar-refractivity contribution is -0.138. The summed E-state index contributed by atoms with van der Waals surface area (Å²) in [5.74, 6) is 0.320. The van der Waals surface area contributed by atoms with E-state index in [4.69, 9.17) is 23.7 Å². The number of aromatic nitrogens is 1. The maximum atomic E-state index is 12.8. The van der Waals surface area contributed by atoms with Crippen LogP contribution in [0.25, 0.3) is 21.9 Å². The molecule has 0 radical (unpaired) electrons. The van der Waals surface area contributed by atoms with E-state index in [-0.39, 0.29) is 25.3 Å². The van der Waals surface area contributed by atoms with Crippen LogP contribution in [0.1, 0.15) is 56.7 Å². The summed E-state index contributed by atoms with van der Waals surface area (Å²) in [6, 6.07) is 22.4. The van der Waals surface area contributed by atoms with Gasteiger partial charge in [0.05, 0.1) is 65.3 Å². The number of amides is 2. The van der Waals surface area contributed by atoms with Crippen LogP contribution in [0.5, 0.6) is 5.75 Å². The number of aliphatic carboxylic acids is 1. The summed E-state index contributed by atoms with van der Waals surface area (Å²) >= 11 is 0. The fraction of sp³-hybridized carbons (Fsp3) is 0.455. The van der Waals surface area contributed by atoms with Gasteiger partial charge in [-0.2, -0.15) is 0 Å². The number of benzene rings is 3. The molecule has 13 heteroatoms. The summed E-state index contributed by atoms with van der Waals surface area (Å²) in [5.41, 5.74) is 3.62. The number of anilines is 1. The average molecular weight is 787 g/mol. The minimum Gasteiger partial charge on any atom is -0.491 e. The van der Waals surface area contributed by atoms with Crippen molar-refractivity contribution in [2.24, 2.45) is 5.92 Å². The van der Waals surface area contributed by atoms with Gasteiger partial charge in [-0.15, -0.1) is 0 Å². The molecule has 0 spiro atoms. The van der Waals surface area contributed by atoms with Gasteiger partial charge in [-0.3, -0.25) is 14.4 Å². The van der Waals surface area contributed by atoms with Crippen molar-refractivity contribution in [2.45, 2.75) is 52.5 Å². The van der Waals surface area contributed by atoms with Crippen LogP contribution in [0.4, 0.5) is 5.82 Å². The molecular formula is C44H58N4O9. The Bertz CT molecular complexity index is 1820. The summed E-state index contributed by atoms with van der Waals surface area (Å²) in [7, 11) is 0. The summed E-state index contributed by atoms with van der Waals surface area (Å²) in [4.78, 5) is 41.1. The SMILES string of the molecule is Cc1ccnc(NCCCC(=O)NCC(=O)N[C@@H](CC(=O)O)c2ccc(-c3ccc(OCCOCCOCCOCCOCCC(C)C)c4ccccc34)cc2)c1. The monoisotopic (exact) mass is 786 g/mol. The van der Waals surface area contributed by atoms with Crippen molar-refractivity contribution < 1.29 is 43.2 Å². The number of hydrogen-bond acceptors (Lipinski definition) is 10. The molecule has 4 rings (SSSR count). The van der Waals surface area contributed by atoms with Gasteiger partial charge in [-0.1, -0.05) is 68.4 Å². The lowest BCUT2D eigenvalue weighted by Gasteiger charge is -2.19. The highest BCUT2D eigenvalue weighted by Gasteiger charge is 2.19. The van der Waals surface area contributed by atoms with Gasteiger partial charge in [0, 0.05) is 31.2 Å². The van der Waals surface area contributed by atoms with Gasteiger partial charge in [0.15, 0.2) is 0 Å². The van der Waals surface area contributed by atoms with Gasteiger partial charge in [-0.25, -0.2) is 4.98 Å². The van der Waals surface area contributed by atoms with E-state index in [1.165, 1.54) is 0 Å². The second-order valence-corrected chi connectivity index (χ2v) is 14.0. The van der Waals surface area contributed by atoms with Gasteiger partial charge < -0.3 is 44.7 Å². The third-order valence-corrected chi connectivity index (χ3v) is 8.91. The number of ether oxygens (including phenoxy) is 5. The predicted molar refractivity (Wildman–Crippen MR) is 220 cm³/mol. The highest BCUT2D eigenvalue weighted by Crippen LogP contribution is 2.35. The lowest BCUT2D eigenvalue weighted by Crippen LogP contribution is -2.39. The van der Waals surface area contributed by atoms with Gasteiger partial charge in [-0.05, 0) is 71.5 Å². The Morgan fingerprint density at radius 3 is 2.05 bits per heavy atom. The molecule has 57 heavy (non-hydrogen) atoms. The Hall–Kier alpha value is -5.08. The number of rotatable bonds is 28. The second kappa shape index (κ2) is 25.2. The zero-order chi connectivity index (χ0) is 40.7. The van der Waals surface area contributed by atoms with Crippen molar-refractivity contribution in [3.63, 3.8) is 0 Å². The Kier molecular flexibility index (Phi) is 19.8. The molecule has 0 fully saturated rings. The first kappa shape index (κ1) is 44.6. The summed E-state index contributed by atoms with van der Waals surface area (Å²) in [5, 5.41) is 20.1. The largest absolute Gasteiger partial charge is 0.491 e. The fourth-order valence-corrected chi connectivity index (χ4v) is 5.87. The number of pyridine rings is 1. The summed E-state index contributed by atoms with van der Waals surface area (Å²) in [6.45, 7) is 11.3. The molecule has 4 N–H and O–H groups in total. The van der Waals surface area contributed by atoms with Crippen LogP contribution in [0.2, 0.25) is 0 Å². The lowest BCUT2D eigenvalue weighted by atomic mass is 9.95. The number of fused-ring (bicyclic) bond motifs is 1. The van der Waals surface area contributed by atoms with Crippen LogP contribution < -0.4 is 20.7 Å². The first-order valence-corrected chi connectivity index (χ1v) is 19.7. The van der Waals surface area contributed by atoms with Crippen molar-refractivity contribution in [3.05, 3.63) is 90.1 Å². The first-order chi connectivity index (χ1) is 27.7. The Balaban J connectivity index is 1.19. The number of hydrogen-bond donors (Lipinski definition) is 4. The number of carbonyl (C=O) groups excluding carboxylic acids is 2. The van der Waals surface area contributed by atoms with E-state index >= 15 is 0 Å². The zero-order valence-corrected chi connectivity index (χ0v) is 33.4. The third kappa shape index (κ3) is 16.9. The smallest absolute Gasteiger partial charge is 0.305 e. The van der Waals surface area contributed by atoms with Gasteiger partial charge in [0.1, 0.15) is 18.2 Å². The standard InChI is InChI=1S/C44H58N4O9/c1-32(2)17-20-53-21-22-54-23-24-55-25-26-56-27-28-57-40-15-14-36(37-7-4-5-8-38(37)40)34-10-12-35(13-11-34)39(30-44(51)52)48-43(50)31-47-42(49)9-6-18-45-41-29-33(3)16-19-46-41/h4-5,7-8,10-16,19,29,32,39H,6,9,17-18,20-28,30-31H2,1-3H3,(H,45,46)(H,47,49)(H,48,50)(H,51,52)/t39-/m0/s1. The van der Waals surface area contributed by atoms with Crippen LogP contribution in [0.15, 0.2) is 79.0 Å². The van der Waals surface area contributed by atoms with E-state index in [1.54, 1.807) is 6.20 Å². The molecular weight excluding hydrogens is 729 g/mol. The van der Waals surface area contributed by atoms with E-state index < -0.39 is 17.9 Å². The van der Waals surface area contributed by atoms with E-state index in [0.29, 0.717) is 77.3 Å². The molecule has 0 bridgehead atoms. The fourth-order valence-electron chi connectivity index (χ4n) is 5.87. The normalized spacial score (nSPS) is 11.7. The molecule has 1 aromatic heterocycles. The van der Waals surface area contributed by atoms with Crippen molar-refractivity contribution >= 4 is 34.4 Å². The van der Waals surface area contributed by atoms with Crippen molar-refractivity contribution in [1.82, 2.24) is 15.6 Å².